The summed E-state index contributed by atoms with van der Waals surface area (Å²) in [6.45, 7) is 2.76. The van der Waals surface area contributed by atoms with Crippen molar-refractivity contribution >= 4 is 5.69 Å². The van der Waals surface area contributed by atoms with Crippen molar-refractivity contribution < 1.29 is 4.74 Å². The Morgan fingerprint density at radius 1 is 1.47 bits per heavy atom. The maximum absolute atomic E-state index is 5.81. The van der Waals surface area contributed by atoms with E-state index < -0.39 is 0 Å². The molecule has 1 saturated heterocycles. The molecule has 2 atom stereocenters. The fraction of sp³-hybridized carbons (Fsp3) is 0.615. The van der Waals surface area contributed by atoms with Gasteiger partial charge in [-0.2, -0.15) is 0 Å². The van der Waals surface area contributed by atoms with Gasteiger partial charge in [0.1, 0.15) is 0 Å². The lowest BCUT2D eigenvalue weighted by Gasteiger charge is -2.37. The molecule has 0 amide bonds. The van der Waals surface area contributed by atoms with Crippen molar-refractivity contribution in [3.8, 4) is 0 Å². The van der Waals surface area contributed by atoms with Gasteiger partial charge in [-0.1, -0.05) is 0 Å². The van der Waals surface area contributed by atoms with E-state index >= 15 is 0 Å². The molecule has 1 aromatic heterocycles. The van der Waals surface area contributed by atoms with Gasteiger partial charge in [0.25, 0.3) is 0 Å². The van der Waals surface area contributed by atoms with Gasteiger partial charge >= 0.3 is 0 Å². The van der Waals surface area contributed by atoms with E-state index in [1.54, 1.807) is 6.20 Å². The number of nitrogens with zero attached hydrogens (tertiary/aromatic N) is 2. The summed E-state index contributed by atoms with van der Waals surface area (Å²) in [5.74, 6) is 0. The highest BCUT2D eigenvalue weighted by Gasteiger charge is 2.35. The molecular weight excluding hydrogens is 214 g/mol. The summed E-state index contributed by atoms with van der Waals surface area (Å²) < 4.78 is 5.81. The van der Waals surface area contributed by atoms with Gasteiger partial charge in [-0.25, -0.2) is 0 Å². The maximum Gasteiger partial charge on any atom is 0.0731 e. The number of hydrogen-bond acceptors (Lipinski definition) is 4. The molecule has 92 valence electrons. The molecular formula is C13H19N3O. The Morgan fingerprint density at radius 3 is 3.29 bits per heavy atom. The van der Waals surface area contributed by atoms with Crippen molar-refractivity contribution in [1.82, 2.24) is 9.88 Å². The summed E-state index contributed by atoms with van der Waals surface area (Å²) in [4.78, 5) is 6.89. The van der Waals surface area contributed by atoms with E-state index in [1.807, 2.05) is 12.1 Å². The number of nitrogen functional groups attached to an aromatic ring is 1. The van der Waals surface area contributed by atoms with E-state index in [2.05, 4.69) is 9.88 Å². The highest BCUT2D eigenvalue weighted by atomic mass is 16.5. The molecule has 17 heavy (non-hydrogen) atoms. The van der Waals surface area contributed by atoms with E-state index in [1.165, 1.54) is 19.3 Å². The molecule has 4 heteroatoms. The molecule has 3 rings (SSSR count). The van der Waals surface area contributed by atoms with Crippen LogP contribution in [0.3, 0.4) is 0 Å². The van der Waals surface area contributed by atoms with Crippen LogP contribution in [0.25, 0.3) is 0 Å². The van der Waals surface area contributed by atoms with Crippen LogP contribution >= 0.6 is 0 Å². The predicted octanol–water partition coefficient (Wildman–Crippen LogP) is 1.42. The minimum Gasteiger partial charge on any atom is -0.399 e. The van der Waals surface area contributed by atoms with Crippen molar-refractivity contribution in [1.29, 1.82) is 0 Å². The Morgan fingerprint density at radius 2 is 2.41 bits per heavy atom. The molecule has 1 saturated carbocycles. The normalized spacial score (nSPS) is 29.2. The summed E-state index contributed by atoms with van der Waals surface area (Å²) >= 11 is 0. The molecule has 2 aliphatic rings. The maximum atomic E-state index is 5.81. The van der Waals surface area contributed by atoms with Gasteiger partial charge in [0.15, 0.2) is 0 Å². The molecule has 0 spiro atoms. The van der Waals surface area contributed by atoms with Gasteiger partial charge in [-0.05, 0) is 31.4 Å². The molecule has 2 N–H and O–H groups in total. The number of morpholine rings is 1. The summed E-state index contributed by atoms with van der Waals surface area (Å²) in [5.41, 5.74) is 7.65. The summed E-state index contributed by atoms with van der Waals surface area (Å²) in [5, 5.41) is 0. The Labute approximate surface area is 102 Å². The quantitative estimate of drug-likeness (QED) is 0.839. The first-order valence-corrected chi connectivity index (χ1v) is 6.39. The van der Waals surface area contributed by atoms with Crippen molar-refractivity contribution in [2.45, 2.75) is 38.0 Å². The molecule has 0 bridgehead atoms. The second kappa shape index (κ2) is 4.63. The molecule has 1 aliphatic heterocycles. The number of anilines is 1. The lowest BCUT2D eigenvalue weighted by atomic mass is 10.1. The zero-order valence-corrected chi connectivity index (χ0v) is 10.0. The first-order chi connectivity index (χ1) is 8.33. The largest absolute Gasteiger partial charge is 0.399 e. The summed E-state index contributed by atoms with van der Waals surface area (Å²) in [7, 11) is 0. The van der Waals surface area contributed by atoms with Crippen molar-refractivity contribution in [3.05, 3.63) is 24.0 Å². The second-order valence-corrected chi connectivity index (χ2v) is 4.96. The van der Waals surface area contributed by atoms with Crippen LogP contribution in [-0.2, 0) is 11.3 Å². The Balaban J connectivity index is 1.71. The fourth-order valence-corrected chi connectivity index (χ4v) is 2.99. The molecule has 2 heterocycles. The zero-order chi connectivity index (χ0) is 11.7. The molecule has 0 radical (unpaired) electrons. The minimum absolute atomic E-state index is 0.449. The fourth-order valence-electron chi connectivity index (χ4n) is 2.99. The highest BCUT2D eigenvalue weighted by Crippen LogP contribution is 2.30. The van der Waals surface area contributed by atoms with Crippen LogP contribution in [0.15, 0.2) is 18.3 Å². The number of pyridine rings is 1. The van der Waals surface area contributed by atoms with Gasteiger partial charge in [-0.15, -0.1) is 0 Å². The third-order valence-electron chi connectivity index (χ3n) is 3.80. The lowest BCUT2D eigenvalue weighted by molar-refractivity contribution is -0.0591. The second-order valence-electron chi connectivity index (χ2n) is 4.96. The first kappa shape index (κ1) is 11.0. The van der Waals surface area contributed by atoms with Crippen LogP contribution in [0.1, 0.15) is 25.0 Å². The van der Waals surface area contributed by atoms with Crippen LogP contribution in [0.5, 0.6) is 0 Å². The third-order valence-corrected chi connectivity index (χ3v) is 3.80. The van der Waals surface area contributed by atoms with Crippen LogP contribution in [0.2, 0.25) is 0 Å². The smallest absolute Gasteiger partial charge is 0.0731 e. The summed E-state index contributed by atoms with van der Waals surface area (Å²) in [6.07, 6.45) is 6.00. The third kappa shape index (κ3) is 2.28. The van der Waals surface area contributed by atoms with Crippen molar-refractivity contribution in [2.75, 3.05) is 18.9 Å². The lowest BCUT2D eigenvalue weighted by Crippen LogP contribution is -2.47. The Hall–Kier alpha value is -1.13. The molecule has 0 aromatic carbocycles. The van der Waals surface area contributed by atoms with Crippen molar-refractivity contribution in [3.63, 3.8) is 0 Å². The average molecular weight is 233 g/mol. The number of aromatic nitrogens is 1. The van der Waals surface area contributed by atoms with Crippen LogP contribution in [0.4, 0.5) is 5.69 Å². The number of nitrogens with two attached hydrogens (primary N) is 1. The summed E-state index contributed by atoms with van der Waals surface area (Å²) in [6, 6.07) is 4.40. The van der Waals surface area contributed by atoms with Gasteiger partial charge < -0.3 is 10.5 Å². The molecule has 1 aromatic rings. The van der Waals surface area contributed by atoms with Gasteiger partial charge in [0.05, 0.1) is 18.4 Å². The van der Waals surface area contributed by atoms with Crippen molar-refractivity contribution in [2.24, 2.45) is 0 Å². The zero-order valence-electron chi connectivity index (χ0n) is 10.0. The molecule has 2 unspecified atom stereocenters. The SMILES string of the molecule is Nc1ccnc(CN2CCOC3CCCC32)c1. The topological polar surface area (TPSA) is 51.4 Å². The van der Waals surface area contributed by atoms with Crippen LogP contribution < -0.4 is 5.73 Å². The number of hydrogen-bond donors (Lipinski definition) is 1. The van der Waals surface area contributed by atoms with Gasteiger partial charge in [0, 0.05) is 31.0 Å². The van der Waals surface area contributed by atoms with Crippen LogP contribution in [0, 0.1) is 0 Å². The number of rotatable bonds is 2. The number of fused-ring (bicyclic) bond motifs is 1. The standard InChI is InChI=1S/C13H19N3O/c14-10-4-5-15-11(8-10)9-16-6-7-17-13-3-1-2-12(13)16/h4-5,8,12-13H,1-3,6-7,9H2,(H2,14,15). The Bertz CT molecular complexity index is 396. The Kier molecular flexibility index (Phi) is 2.99. The van der Waals surface area contributed by atoms with Crippen LogP contribution in [-0.4, -0.2) is 35.2 Å². The molecule has 4 nitrogen and oxygen atoms in total. The van der Waals surface area contributed by atoms with E-state index in [0.717, 1.165) is 31.1 Å². The van der Waals surface area contributed by atoms with Gasteiger partial charge in [-0.3, -0.25) is 9.88 Å². The van der Waals surface area contributed by atoms with E-state index in [9.17, 15) is 0 Å². The average Bonchev–Trinajstić information content (AvgIpc) is 2.78. The van der Waals surface area contributed by atoms with E-state index in [0.29, 0.717) is 12.1 Å². The molecule has 2 fully saturated rings. The van der Waals surface area contributed by atoms with E-state index in [-0.39, 0.29) is 0 Å². The van der Waals surface area contributed by atoms with Gasteiger partial charge in [0.2, 0.25) is 0 Å². The van der Waals surface area contributed by atoms with E-state index in [4.69, 9.17) is 10.5 Å². The monoisotopic (exact) mass is 233 g/mol. The minimum atomic E-state index is 0.449. The first-order valence-electron chi connectivity index (χ1n) is 6.39. The predicted molar refractivity (Wildman–Crippen MR) is 66.4 cm³/mol. The molecule has 1 aliphatic carbocycles. The highest BCUT2D eigenvalue weighted by molar-refractivity contribution is 5.37. The number of ether oxygens (including phenoxy) is 1.